The maximum Gasteiger partial charge on any atom is 0.253 e. The van der Waals surface area contributed by atoms with E-state index < -0.39 is 0 Å². The van der Waals surface area contributed by atoms with Crippen LogP contribution in [0, 0.1) is 0 Å². The Balaban J connectivity index is 0.00000176. The van der Waals surface area contributed by atoms with Gasteiger partial charge in [-0.05, 0) is 36.3 Å². The molecule has 0 bridgehead atoms. The number of nitrogens with zero attached hydrogens (tertiary/aromatic N) is 2. The summed E-state index contributed by atoms with van der Waals surface area (Å²) in [7, 11) is 0. The van der Waals surface area contributed by atoms with Gasteiger partial charge in [0.05, 0.1) is 6.33 Å². The van der Waals surface area contributed by atoms with Gasteiger partial charge in [-0.2, -0.15) is 0 Å². The van der Waals surface area contributed by atoms with E-state index in [1.54, 1.807) is 0 Å². The molecule has 1 aromatic heterocycles. The topological polar surface area (TPSA) is 51.3 Å². The van der Waals surface area contributed by atoms with Gasteiger partial charge in [-0.1, -0.05) is 0 Å². The van der Waals surface area contributed by atoms with Gasteiger partial charge < -0.3 is 15.2 Å². The molecule has 1 amide bonds. The number of rotatable bonds is 4. The molecule has 2 aromatic rings. The fraction of sp³-hybridized carbons (Fsp3) is 0.312. The Morgan fingerprint density at radius 2 is 2.09 bits per heavy atom. The van der Waals surface area contributed by atoms with Gasteiger partial charge in [0.1, 0.15) is 0 Å². The summed E-state index contributed by atoms with van der Waals surface area (Å²) in [5, 5.41) is 0.983. The summed E-state index contributed by atoms with van der Waals surface area (Å²) in [6.07, 6.45) is 3.54. The number of hydrogen-bond acceptors (Lipinski definition) is 2. The second kappa shape index (κ2) is 6.94. The van der Waals surface area contributed by atoms with Crippen molar-refractivity contribution in [2.75, 3.05) is 19.6 Å². The highest BCUT2D eigenvalue weighted by atomic mass is 35.5. The largest absolute Gasteiger partial charge is 0.343 e. The van der Waals surface area contributed by atoms with Crippen molar-refractivity contribution in [2.45, 2.75) is 13.0 Å². The number of benzene rings is 1. The van der Waals surface area contributed by atoms with E-state index in [0.717, 1.165) is 30.4 Å². The van der Waals surface area contributed by atoms with Gasteiger partial charge in [-0.15, -0.1) is 12.4 Å². The average Bonchev–Trinajstić information content (AvgIpc) is 2.85. The van der Waals surface area contributed by atoms with Gasteiger partial charge in [-0.3, -0.25) is 4.79 Å². The van der Waals surface area contributed by atoms with Crippen molar-refractivity contribution in [3.63, 3.8) is 0 Å². The lowest BCUT2D eigenvalue weighted by Gasteiger charge is -2.30. The Morgan fingerprint density at radius 1 is 1.32 bits per heavy atom. The Hall–Kier alpha value is -1.85. The first-order valence-corrected chi connectivity index (χ1v) is 7.09. The van der Waals surface area contributed by atoms with Crippen molar-refractivity contribution >= 4 is 29.2 Å². The normalized spacial score (nSPS) is 14.6. The first-order chi connectivity index (χ1) is 10.2. The maximum absolute atomic E-state index is 12.6. The SMILES string of the molecule is Cl.NC/C(=C\F)Cn1ccc2cc(C(=O)N3CCC3)ccc21. The van der Waals surface area contributed by atoms with Gasteiger partial charge in [0.15, 0.2) is 0 Å². The zero-order valence-electron chi connectivity index (χ0n) is 12.2. The van der Waals surface area contributed by atoms with Crippen LogP contribution >= 0.6 is 12.4 Å². The quantitative estimate of drug-likeness (QED) is 0.940. The van der Waals surface area contributed by atoms with Crippen molar-refractivity contribution in [3.8, 4) is 0 Å². The number of likely N-dealkylation sites (tertiary alicyclic amines) is 1. The molecule has 1 aliphatic rings. The Bertz CT molecular complexity index is 706. The highest BCUT2D eigenvalue weighted by Crippen LogP contribution is 2.21. The average molecular weight is 324 g/mol. The van der Waals surface area contributed by atoms with Crippen LogP contribution in [0.5, 0.6) is 0 Å². The lowest BCUT2D eigenvalue weighted by molar-refractivity contribution is 0.0652. The van der Waals surface area contributed by atoms with E-state index in [2.05, 4.69) is 0 Å². The van der Waals surface area contributed by atoms with Crippen molar-refractivity contribution in [1.82, 2.24) is 9.47 Å². The first kappa shape index (κ1) is 16.5. The van der Waals surface area contributed by atoms with Crippen LogP contribution in [-0.4, -0.2) is 35.0 Å². The summed E-state index contributed by atoms with van der Waals surface area (Å²) < 4.78 is 14.6. The zero-order valence-corrected chi connectivity index (χ0v) is 13.0. The molecule has 0 saturated carbocycles. The van der Waals surface area contributed by atoms with E-state index in [-0.39, 0.29) is 24.9 Å². The molecule has 1 saturated heterocycles. The van der Waals surface area contributed by atoms with Crippen molar-refractivity contribution in [3.05, 3.63) is 47.9 Å². The molecule has 1 aromatic carbocycles. The molecule has 6 heteroatoms. The summed E-state index contributed by atoms with van der Waals surface area (Å²) in [5.41, 5.74) is 7.71. The zero-order chi connectivity index (χ0) is 14.8. The Kier molecular flexibility index (Phi) is 5.21. The molecule has 0 spiro atoms. The minimum absolute atomic E-state index is 0. The molecule has 0 unspecified atom stereocenters. The molecule has 0 aliphatic carbocycles. The molecule has 0 atom stereocenters. The van der Waals surface area contributed by atoms with E-state index in [4.69, 9.17) is 5.73 Å². The summed E-state index contributed by atoms with van der Waals surface area (Å²) in [5.74, 6) is 0.0854. The van der Waals surface area contributed by atoms with Crippen LogP contribution in [0.3, 0.4) is 0 Å². The molecule has 118 valence electrons. The highest BCUT2D eigenvalue weighted by Gasteiger charge is 2.21. The molecule has 2 N–H and O–H groups in total. The predicted molar refractivity (Wildman–Crippen MR) is 88.0 cm³/mol. The first-order valence-electron chi connectivity index (χ1n) is 7.09. The summed E-state index contributed by atoms with van der Waals surface area (Å²) in [6.45, 7) is 2.32. The number of hydrogen-bond donors (Lipinski definition) is 1. The van der Waals surface area contributed by atoms with Crippen molar-refractivity contribution in [1.29, 1.82) is 0 Å². The maximum atomic E-state index is 12.6. The standard InChI is InChI=1S/C16H18FN3O.ClH/c17-9-12(10-18)11-20-7-4-13-8-14(2-3-15(13)20)16(21)19-5-1-6-19;/h2-4,7-9H,1,5-6,10-11,18H2;1H/b12-9+;. The third-order valence-corrected chi connectivity index (χ3v) is 3.95. The molecule has 22 heavy (non-hydrogen) atoms. The highest BCUT2D eigenvalue weighted by molar-refractivity contribution is 5.98. The minimum atomic E-state index is 0. The molecule has 3 rings (SSSR count). The van der Waals surface area contributed by atoms with Gasteiger partial charge in [0, 0.05) is 48.8 Å². The number of carbonyl (C=O) groups is 1. The van der Waals surface area contributed by atoms with E-state index >= 15 is 0 Å². The smallest absolute Gasteiger partial charge is 0.253 e. The van der Waals surface area contributed by atoms with Gasteiger partial charge in [-0.25, -0.2) is 4.39 Å². The van der Waals surface area contributed by atoms with E-state index in [1.165, 1.54) is 0 Å². The number of amides is 1. The van der Waals surface area contributed by atoms with E-state index in [0.29, 0.717) is 24.0 Å². The fourth-order valence-corrected chi connectivity index (χ4v) is 2.54. The number of carbonyl (C=O) groups excluding carboxylic acids is 1. The number of aromatic nitrogens is 1. The number of fused-ring (bicyclic) bond motifs is 1. The van der Waals surface area contributed by atoms with Crippen molar-refractivity contribution < 1.29 is 9.18 Å². The molecular weight excluding hydrogens is 305 g/mol. The van der Waals surface area contributed by atoms with Crippen LogP contribution in [0.25, 0.3) is 10.9 Å². The third-order valence-electron chi connectivity index (χ3n) is 3.95. The second-order valence-electron chi connectivity index (χ2n) is 5.33. The number of nitrogens with two attached hydrogens (primary N) is 1. The minimum Gasteiger partial charge on any atom is -0.343 e. The molecule has 1 fully saturated rings. The van der Waals surface area contributed by atoms with Crippen LogP contribution in [0.15, 0.2) is 42.4 Å². The molecule has 2 heterocycles. The van der Waals surface area contributed by atoms with E-state index in [1.807, 2.05) is 39.9 Å². The lowest BCUT2D eigenvalue weighted by Crippen LogP contribution is -2.41. The van der Waals surface area contributed by atoms with Crippen LogP contribution in [0.4, 0.5) is 4.39 Å². The summed E-state index contributed by atoms with van der Waals surface area (Å²) >= 11 is 0. The van der Waals surface area contributed by atoms with Crippen LogP contribution in [0.2, 0.25) is 0 Å². The lowest BCUT2D eigenvalue weighted by atomic mass is 10.1. The van der Waals surface area contributed by atoms with Gasteiger partial charge in [0.25, 0.3) is 5.91 Å². The third kappa shape index (κ3) is 3.00. The van der Waals surface area contributed by atoms with Crippen LogP contribution in [0.1, 0.15) is 16.8 Å². The summed E-state index contributed by atoms with van der Waals surface area (Å²) in [6, 6.07) is 7.58. The predicted octanol–water partition coefficient (Wildman–Crippen LogP) is 2.72. The molecule has 1 aliphatic heterocycles. The van der Waals surface area contributed by atoms with Gasteiger partial charge in [0.2, 0.25) is 0 Å². The summed E-state index contributed by atoms with van der Waals surface area (Å²) in [4.78, 5) is 14.0. The van der Waals surface area contributed by atoms with Gasteiger partial charge >= 0.3 is 0 Å². The Labute approximate surface area is 134 Å². The Morgan fingerprint density at radius 3 is 2.68 bits per heavy atom. The van der Waals surface area contributed by atoms with Crippen LogP contribution in [-0.2, 0) is 6.54 Å². The van der Waals surface area contributed by atoms with E-state index in [9.17, 15) is 9.18 Å². The second-order valence-corrected chi connectivity index (χ2v) is 5.33. The van der Waals surface area contributed by atoms with Crippen LogP contribution < -0.4 is 5.73 Å². The molecular formula is C16H19ClFN3O. The monoisotopic (exact) mass is 323 g/mol. The molecule has 4 nitrogen and oxygen atoms in total. The number of halogens is 2. The fourth-order valence-electron chi connectivity index (χ4n) is 2.54. The van der Waals surface area contributed by atoms with Crippen molar-refractivity contribution in [2.24, 2.45) is 5.73 Å². The molecule has 0 radical (unpaired) electrons.